The average molecular weight is 270 g/mol. The van der Waals surface area contributed by atoms with E-state index >= 15 is 0 Å². The Morgan fingerprint density at radius 2 is 2.11 bits per heavy atom. The second-order valence-corrected chi connectivity index (χ2v) is 6.11. The quantitative estimate of drug-likeness (QED) is 0.706. The molecule has 5 nitrogen and oxygen atoms in total. The van der Waals surface area contributed by atoms with Crippen LogP contribution in [0, 0.1) is 10.8 Å². The number of rotatable bonds is 5. The van der Waals surface area contributed by atoms with Crippen LogP contribution >= 0.6 is 0 Å². The number of hydrogen-bond donors (Lipinski definition) is 3. The largest absolute Gasteiger partial charge is 0.481 e. The van der Waals surface area contributed by atoms with Gasteiger partial charge in [-0.2, -0.15) is 0 Å². The van der Waals surface area contributed by atoms with E-state index < -0.39 is 16.8 Å². The molecule has 0 aromatic rings. The van der Waals surface area contributed by atoms with Gasteiger partial charge in [-0.1, -0.05) is 19.8 Å². The molecule has 1 aliphatic rings. The highest BCUT2D eigenvalue weighted by Gasteiger charge is 2.45. The van der Waals surface area contributed by atoms with Gasteiger partial charge in [0.05, 0.1) is 10.8 Å². The number of amides is 1. The van der Waals surface area contributed by atoms with E-state index in [2.05, 4.69) is 5.32 Å². The van der Waals surface area contributed by atoms with E-state index in [1.807, 2.05) is 13.8 Å². The molecule has 4 N–H and O–H groups in total. The molecule has 1 aliphatic carbocycles. The van der Waals surface area contributed by atoms with Gasteiger partial charge in [0.1, 0.15) is 0 Å². The van der Waals surface area contributed by atoms with Gasteiger partial charge in [-0.25, -0.2) is 0 Å². The Kier molecular flexibility index (Phi) is 4.96. The van der Waals surface area contributed by atoms with Crippen molar-refractivity contribution in [3.8, 4) is 0 Å². The molecule has 3 unspecified atom stereocenters. The van der Waals surface area contributed by atoms with Gasteiger partial charge in [0.15, 0.2) is 0 Å². The molecule has 1 fully saturated rings. The third-order valence-corrected chi connectivity index (χ3v) is 4.78. The number of carboxylic acid groups (broad SMARTS) is 1. The van der Waals surface area contributed by atoms with Gasteiger partial charge in [-0.15, -0.1) is 0 Å². The summed E-state index contributed by atoms with van der Waals surface area (Å²) in [5.74, 6) is -0.958. The second-order valence-electron chi connectivity index (χ2n) is 6.11. The van der Waals surface area contributed by atoms with E-state index in [0.717, 1.165) is 19.3 Å². The lowest BCUT2D eigenvalue weighted by molar-refractivity contribution is -0.152. The fourth-order valence-corrected chi connectivity index (χ4v) is 2.55. The Bertz CT molecular complexity index is 353. The summed E-state index contributed by atoms with van der Waals surface area (Å²) < 4.78 is 0. The molecule has 1 saturated carbocycles. The molecule has 1 rings (SSSR count). The van der Waals surface area contributed by atoms with Crippen molar-refractivity contribution in [1.29, 1.82) is 0 Å². The number of carbonyl (C=O) groups is 2. The first-order chi connectivity index (χ1) is 8.80. The Morgan fingerprint density at radius 3 is 2.58 bits per heavy atom. The Morgan fingerprint density at radius 1 is 1.47 bits per heavy atom. The van der Waals surface area contributed by atoms with Crippen molar-refractivity contribution >= 4 is 11.9 Å². The first-order valence-corrected chi connectivity index (χ1v) is 7.04. The lowest BCUT2D eigenvalue weighted by Gasteiger charge is -2.40. The molecule has 0 aromatic heterocycles. The van der Waals surface area contributed by atoms with Crippen LogP contribution in [0.2, 0.25) is 0 Å². The van der Waals surface area contributed by atoms with Crippen LogP contribution in [0.5, 0.6) is 0 Å². The zero-order valence-electron chi connectivity index (χ0n) is 12.2. The van der Waals surface area contributed by atoms with Crippen LogP contribution in [0.25, 0.3) is 0 Å². The van der Waals surface area contributed by atoms with E-state index in [1.54, 1.807) is 6.92 Å². The molecule has 0 heterocycles. The molecule has 0 spiro atoms. The van der Waals surface area contributed by atoms with Crippen LogP contribution in [0.3, 0.4) is 0 Å². The normalized spacial score (nSPS) is 30.4. The van der Waals surface area contributed by atoms with Crippen molar-refractivity contribution in [2.24, 2.45) is 16.6 Å². The highest BCUT2D eigenvalue weighted by Crippen LogP contribution is 2.37. The van der Waals surface area contributed by atoms with Gasteiger partial charge >= 0.3 is 5.97 Å². The summed E-state index contributed by atoms with van der Waals surface area (Å²) in [5, 5.41) is 12.4. The van der Waals surface area contributed by atoms with Crippen LogP contribution in [0.1, 0.15) is 52.9 Å². The van der Waals surface area contributed by atoms with E-state index in [4.69, 9.17) is 5.73 Å². The third kappa shape index (κ3) is 3.08. The average Bonchev–Trinajstić information content (AvgIpc) is 2.40. The van der Waals surface area contributed by atoms with E-state index in [9.17, 15) is 14.7 Å². The number of hydrogen-bond acceptors (Lipinski definition) is 3. The van der Waals surface area contributed by atoms with Crippen molar-refractivity contribution in [1.82, 2.24) is 5.32 Å². The third-order valence-electron chi connectivity index (χ3n) is 4.78. The maximum absolute atomic E-state index is 12.3. The number of nitrogens with two attached hydrogens (primary N) is 1. The maximum atomic E-state index is 12.3. The maximum Gasteiger partial charge on any atom is 0.311 e. The molecule has 1 amide bonds. The molecule has 110 valence electrons. The van der Waals surface area contributed by atoms with E-state index in [0.29, 0.717) is 12.8 Å². The standard InChI is InChI=1S/C14H26N2O3/c1-4-13(2,9-15)11(17)16-10-7-5-6-8-14(10,3)12(18)19/h10H,4-9,15H2,1-3H3,(H,16,17)(H,18,19). The molecule has 19 heavy (non-hydrogen) atoms. The van der Waals surface area contributed by atoms with Crippen LogP contribution < -0.4 is 11.1 Å². The Balaban J connectivity index is 2.84. The second kappa shape index (κ2) is 5.90. The lowest BCUT2D eigenvalue weighted by Crippen LogP contribution is -2.56. The molecule has 5 heteroatoms. The van der Waals surface area contributed by atoms with Crippen LogP contribution in [0.4, 0.5) is 0 Å². The number of nitrogens with one attached hydrogen (secondary N) is 1. The summed E-state index contributed by atoms with van der Waals surface area (Å²) in [6.45, 7) is 5.74. The summed E-state index contributed by atoms with van der Waals surface area (Å²) in [4.78, 5) is 23.8. The van der Waals surface area contributed by atoms with Crippen molar-refractivity contribution < 1.29 is 14.7 Å². The Hall–Kier alpha value is -1.10. The first kappa shape index (κ1) is 16.0. The number of carboxylic acids is 1. The van der Waals surface area contributed by atoms with Gasteiger partial charge in [-0.05, 0) is 33.1 Å². The minimum Gasteiger partial charge on any atom is -0.481 e. The predicted octanol–water partition coefficient (Wildman–Crippen LogP) is 1.51. The van der Waals surface area contributed by atoms with Crippen LogP contribution in [-0.2, 0) is 9.59 Å². The first-order valence-electron chi connectivity index (χ1n) is 7.04. The van der Waals surface area contributed by atoms with Gasteiger partial charge < -0.3 is 16.2 Å². The van der Waals surface area contributed by atoms with Gasteiger partial charge in [0.25, 0.3) is 0 Å². The van der Waals surface area contributed by atoms with Gasteiger partial charge in [-0.3, -0.25) is 9.59 Å². The monoisotopic (exact) mass is 270 g/mol. The zero-order chi connectivity index (χ0) is 14.7. The van der Waals surface area contributed by atoms with Gasteiger partial charge in [0.2, 0.25) is 5.91 Å². The van der Waals surface area contributed by atoms with Crippen molar-refractivity contribution in [3.05, 3.63) is 0 Å². The number of carbonyl (C=O) groups excluding carboxylic acids is 1. The molecule has 0 aromatic carbocycles. The summed E-state index contributed by atoms with van der Waals surface area (Å²) >= 11 is 0. The Labute approximate surface area is 114 Å². The van der Waals surface area contributed by atoms with Crippen molar-refractivity contribution in [3.63, 3.8) is 0 Å². The van der Waals surface area contributed by atoms with Crippen LogP contribution in [0.15, 0.2) is 0 Å². The molecule has 0 bridgehead atoms. The van der Waals surface area contributed by atoms with E-state index in [1.165, 1.54) is 0 Å². The fourth-order valence-electron chi connectivity index (χ4n) is 2.55. The highest BCUT2D eigenvalue weighted by molar-refractivity contribution is 5.84. The summed E-state index contributed by atoms with van der Waals surface area (Å²) in [6, 6.07) is -0.302. The topological polar surface area (TPSA) is 92.4 Å². The SMILES string of the molecule is CCC(C)(CN)C(=O)NC1CCCCC1(C)C(=O)O. The molecule has 0 aliphatic heterocycles. The predicted molar refractivity (Wildman–Crippen MR) is 73.6 cm³/mol. The molecule has 3 atom stereocenters. The minimum atomic E-state index is -0.864. The molecule has 0 saturated heterocycles. The van der Waals surface area contributed by atoms with Crippen LogP contribution in [-0.4, -0.2) is 29.6 Å². The highest BCUT2D eigenvalue weighted by atomic mass is 16.4. The van der Waals surface area contributed by atoms with E-state index in [-0.39, 0.29) is 18.5 Å². The summed E-state index contributed by atoms with van der Waals surface area (Å²) in [7, 11) is 0. The zero-order valence-corrected chi connectivity index (χ0v) is 12.2. The smallest absolute Gasteiger partial charge is 0.311 e. The van der Waals surface area contributed by atoms with Crippen molar-refractivity contribution in [2.45, 2.75) is 58.9 Å². The summed E-state index contributed by atoms with van der Waals surface area (Å²) in [6.07, 6.45) is 3.83. The van der Waals surface area contributed by atoms with Crippen molar-refractivity contribution in [2.75, 3.05) is 6.54 Å². The molecular formula is C14H26N2O3. The number of aliphatic carboxylic acids is 1. The molecule has 0 radical (unpaired) electrons. The fraction of sp³-hybridized carbons (Fsp3) is 0.857. The lowest BCUT2D eigenvalue weighted by atomic mass is 9.71. The molecular weight excluding hydrogens is 244 g/mol. The minimum absolute atomic E-state index is 0.128. The van der Waals surface area contributed by atoms with Gasteiger partial charge in [0, 0.05) is 12.6 Å². The summed E-state index contributed by atoms with van der Waals surface area (Å²) in [5.41, 5.74) is 4.20.